The van der Waals surface area contributed by atoms with Gasteiger partial charge in [-0.3, -0.25) is 0 Å². The van der Waals surface area contributed by atoms with E-state index in [0.29, 0.717) is 0 Å². The molecule has 24 heavy (non-hydrogen) atoms. The molecule has 0 unspecified atom stereocenters. The second-order valence-corrected chi connectivity index (χ2v) is 11.0. The molecular weight excluding hydrogens is 315 g/mol. The van der Waals surface area contributed by atoms with Gasteiger partial charge in [-0.2, -0.15) is 0 Å². The van der Waals surface area contributed by atoms with E-state index in [4.69, 9.17) is 0 Å². The monoisotopic (exact) mass is 350 g/mol. The van der Waals surface area contributed by atoms with Crippen LogP contribution in [0.25, 0.3) is 0 Å². The van der Waals surface area contributed by atoms with Crippen molar-refractivity contribution in [3.05, 3.63) is 30.3 Å². The molecule has 1 aromatic rings. The first kappa shape index (κ1) is 18.2. The lowest BCUT2D eigenvalue weighted by atomic mass is 10.1. The molecule has 0 aromatic heterocycles. The van der Waals surface area contributed by atoms with Crippen LogP contribution < -0.4 is 15.1 Å². The second-order valence-electron chi connectivity index (χ2n) is 7.79. The molecule has 2 fully saturated rings. The second kappa shape index (κ2) is 9.17. The molecule has 0 bridgehead atoms. The summed E-state index contributed by atoms with van der Waals surface area (Å²) in [4.78, 5) is 3.37. The van der Waals surface area contributed by atoms with Gasteiger partial charge in [-0.15, -0.1) is 0 Å². The maximum absolute atomic E-state index is 13.9. The molecule has 4 heteroatoms. The van der Waals surface area contributed by atoms with E-state index in [0.717, 1.165) is 30.7 Å². The van der Waals surface area contributed by atoms with Crippen molar-refractivity contribution in [3.63, 3.8) is 0 Å². The van der Waals surface area contributed by atoms with Crippen LogP contribution in [0.15, 0.2) is 30.3 Å². The predicted molar refractivity (Wildman–Crippen MR) is 102 cm³/mol. The molecule has 2 aliphatic rings. The standard InChI is InChI=1S/C20H33N2OP/c23-24(20-10-4-1-5-11-20,18-16-21-12-6-2-7-13-21)19-17-22-14-8-3-9-15-22/h1,4-5,10-11H,2-3,6-9,12-19H2/p+2. The van der Waals surface area contributed by atoms with Gasteiger partial charge < -0.3 is 14.4 Å². The molecule has 2 saturated heterocycles. The molecule has 3 nitrogen and oxygen atoms in total. The van der Waals surface area contributed by atoms with E-state index in [-0.39, 0.29) is 0 Å². The van der Waals surface area contributed by atoms with E-state index in [9.17, 15) is 4.57 Å². The van der Waals surface area contributed by atoms with Crippen molar-refractivity contribution in [2.45, 2.75) is 38.5 Å². The Hall–Kier alpha value is -0.630. The quantitative estimate of drug-likeness (QED) is 0.700. The number of likely N-dealkylation sites (tertiary alicyclic amines) is 2. The zero-order valence-corrected chi connectivity index (χ0v) is 16.0. The number of nitrogens with one attached hydrogen (secondary N) is 2. The van der Waals surface area contributed by atoms with Crippen molar-refractivity contribution >= 4 is 12.4 Å². The highest BCUT2D eigenvalue weighted by molar-refractivity contribution is 7.71. The molecule has 0 aliphatic carbocycles. The summed E-state index contributed by atoms with van der Waals surface area (Å²) in [6, 6.07) is 10.4. The largest absolute Gasteiger partial charge is 0.335 e. The summed E-state index contributed by atoms with van der Waals surface area (Å²) in [6.45, 7) is 7.33. The van der Waals surface area contributed by atoms with Crippen LogP contribution in [-0.2, 0) is 4.57 Å². The molecule has 2 heterocycles. The van der Waals surface area contributed by atoms with Crippen LogP contribution in [0.1, 0.15) is 38.5 Å². The molecule has 0 atom stereocenters. The average molecular weight is 350 g/mol. The first-order valence-corrected chi connectivity index (χ1v) is 12.1. The Labute approximate surface area is 147 Å². The molecular formula is C20H35N2OP+2. The smallest absolute Gasteiger partial charge is 0.126 e. The summed E-state index contributed by atoms with van der Waals surface area (Å²) in [5.74, 6) is 0. The highest BCUT2D eigenvalue weighted by Crippen LogP contribution is 2.42. The fraction of sp³-hybridized carbons (Fsp3) is 0.700. The summed E-state index contributed by atoms with van der Waals surface area (Å²) in [7, 11) is -2.25. The van der Waals surface area contributed by atoms with Crippen LogP contribution in [0, 0.1) is 0 Å². The fourth-order valence-electron chi connectivity index (χ4n) is 4.35. The SMILES string of the molecule is O=P(CC[NH+]1CCCCC1)(CC[NH+]1CCCCC1)c1ccccc1. The first-order valence-electron chi connectivity index (χ1n) is 10.1. The topological polar surface area (TPSA) is 26.0 Å². The third-order valence-corrected chi connectivity index (χ3v) is 9.13. The Morgan fingerprint density at radius 2 is 1.17 bits per heavy atom. The van der Waals surface area contributed by atoms with E-state index in [1.54, 1.807) is 9.80 Å². The maximum atomic E-state index is 13.9. The minimum Gasteiger partial charge on any atom is -0.335 e. The average Bonchev–Trinajstić information content (AvgIpc) is 2.67. The van der Waals surface area contributed by atoms with E-state index in [1.165, 1.54) is 64.7 Å². The summed E-state index contributed by atoms with van der Waals surface area (Å²) < 4.78 is 13.9. The lowest BCUT2D eigenvalue weighted by Gasteiger charge is -2.28. The zero-order valence-electron chi connectivity index (χ0n) is 15.1. The zero-order chi connectivity index (χ0) is 16.7. The molecule has 2 aliphatic heterocycles. The first-order chi connectivity index (χ1) is 11.8. The highest BCUT2D eigenvalue weighted by Gasteiger charge is 2.29. The van der Waals surface area contributed by atoms with Crippen molar-refractivity contribution in [3.8, 4) is 0 Å². The van der Waals surface area contributed by atoms with Crippen molar-refractivity contribution in [1.29, 1.82) is 0 Å². The van der Waals surface area contributed by atoms with Gasteiger partial charge in [-0.1, -0.05) is 30.3 Å². The number of piperidine rings is 2. The number of hydrogen-bond donors (Lipinski definition) is 2. The van der Waals surface area contributed by atoms with E-state index in [1.807, 2.05) is 6.07 Å². The number of quaternary nitrogens is 2. The molecule has 1 aromatic carbocycles. The van der Waals surface area contributed by atoms with Crippen LogP contribution in [0.2, 0.25) is 0 Å². The molecule has 2 N–H and O–H groups in total. The Bertz CT molecular complexity index is 496. The van der Waals surface area contributed by atoms with Gasteiger partial charge in [0.15, 0.2) is 0 Å². The van der Waals surface area contributed by atoms with Crippen LogP contribution in [0.3, 0.4) is 0 Å². The van der Waals surface area contributed by atoms with Gasteiger partial charge in [0.2, 0.25) is 0 Å². The summed E-state index contributed by atoms with van der Waals surface area (Å²) in [5.41, 5.74) is 0. The molecule has 0 spiro atoms. The van der Waals surface area contributed by atoms with Crippen molar-refractivity contribution in [2.75, 3.05) is 51.6 Å². The van der Waals surface area contributed by atoms with Gasteiger partial charge >= 0.3 is 0 Å². The van der Waals surface area contributed by atoms with E-state index in [2.05, 4.69) is 24.3 Å². The van der Waals surface area contributed by atoms with Crippen LogP contribution in [0.4, 0.5) is 0 Å². The lowest BCUT2D eigenvalue weighted by molar-refractivity contribution is -0.903. The molecule has 0 amide bonds. The summed E-state index contributed by atoms with van der Waals surface area (Å²) in [6.07, 6.45) is 9.98. The highest BCUT2D eigenvalue weighted by atomic mass is 31.2. The minimum atomic E-state index is -2.25. The van der Waals surface area contributed by atoms with Crippen molar-refractivity contribution in [1.82, 2.24) is 0 Å². The Morgan fingerprint density at radius 1 is 0.708 bits per heavy atom. The van der Waals surface area contributed by atoms with Gasteiger partial charge in [0.25, 0.3) is 0 Å². The lowest BCUT2D eigenvalue weighted by Crippen LogP contribution is -3.13. The maximum Gasteiger partial charge on any atom is 0.126 e. The van der Waals surface area contributed by atoms with Gasteiger partial charge in [-0.05, 0) is 38.5 Å². The normalized spacial score (nSPS) is 21.0. The Morgan fingerprint density at radius 3 is 1.62 bits per heavy atom. The molecule has 3 rings (SSSR count). The van der Waals surface area contributed by atoms with Gasteiger partial charge in [-0.25, -0.2) is 0 Å². The molecule has 0 radical (unpaired) electrons. The third-order valence-electron chi connectivity index (χ3n) is 6.00. The Balaban J connectivity index is 1.62. The summed E-state index contributed by atoms with van der Waals surface area (Å²) in [5, 5.41) is 1.12. The van der Waals surface area contributed by atoms with Crippen LogP contribution >= 0.6 is 7.14 Å². The van der Waals surface area contributed by atoms with E-state index < -0.39 is 7.14 Å². The fourth-order valence-corrected chi connectivity index (χ4v) is 7.16. The molecule has 134 valence electrons. The number of rotatable bonds is 7. The van der Waals surface area contributed by atoms with E-state index >= 15 is 0 Å². The van der Waals surface area contributed by atoms with Gasteiger partial charge in [0, 0.05) is 5.30 Å². The van der Waals surface area contributed by atoms with Gasteiger partial charge in [0.1, 0.15) is 7.14 Å². The predicted octanol–water partition coefficient (Wildman–Crippen LogP) is 0.813. The van der Waals surface area contributed by atoms with Crippen molar-refractivity contribution in [2.24, 2.45) is 0 Å². The van der Waals surface area contributed by atoms with Crippen molar-refractivity contribution < 1.29 is 14.4 Å². The Kier molecular flexibility index (Phi) is 6.95. The number of benzene rings is 1. The molecule has 0 saturated carbocycles. The third kappa shape index (κ3) is 5.18. The minimum absolute atomic E-state index is 0.902. The summed E-state index contributed by atoms with van der Waals surface area (Å²) >= 11 is 0. The van der Waals surface area contributed by atoms with Gasteiger partial charge in [0.05, 0.1) is 51.6 Å². The van der Waals surface area contributed by atoms with Crippen LogP contribution in [0.5, 0.6) is 0 Å². The van der Waals surface area contributed by atoms with Crippen LogP contribution in [-0.4, -0.2) is 51.6 Å². The number of hydrogen-bond acceptors (Lipinski definition) is 1.